The fourth-order valence-corrected chi connectivity index (χ4v) is 3.38. The summed E-state index contributed by atoms with van der Waals surface area (Å²) >= 11 is 0. The lowest BCUT2D eigenvalue weighted by atomic mass is 10.0. The summed E-state index contributed by atoms with van der Waals surface area (Å²) < 4.78 is 19.1. The summed E-state index contributed by atoms with van der Waals surface area (Å²) in [6.45, 7) is 7.25. The van der Waals surface area contributed by atoms with Crippen LogP contribution in [0.2, 0.25) is 0 Å². The zero-order valence-corrected chi connectivity index (χ0v) is 18.0. The van der Waals surface area contributed by atoms with Crippen LogP contribution >= 0.6 is 0 Å². The molecule has 8 heteroatoms. The van der Waals surface area contributed by atoms with E-state index in [1.165, 1.54) is 17.1 Å². The summed E-state index contributed by atoms with van der Waals surface area (Å²) in [5.41, 5.74) is 3.21. The van der Waals surface area contributed by atoms with E-state index in [2.05, 4.69) is 42.3 Å². The third-order valence-electron chi connectivity index (χ3n) is 5.20. The Morgan fingerprint density at radius 1 is 0.969 bits per heavy atom. The van der Waals surface area contributed by atoms with Crippen LogP contribution in [0.4, 0.5) is 14.9 Å². The van der Waals surface area contributed by atoms with Crippen molar-refractivity contribution in [1.82, 2.24) is 10.4 Å². The number of benzene rings is 3. The third kappa shape index (κ3) is 5.81. The van der Waals surface area contributed by atoms with Gasteiger partial charge in [0, 0.05) is 12.2 Å². The minimum Gasteiger partial charge on any atom is -0.444 e. The van der Waals surface area contributed by atoms with Crippen molar-refractivity contribution in [3.63, 3.8) is 0 Å². The van der Waals surface area contributed by atoms with Gasteiger partial charge in [-0.3, -0.25) is 20.2 Å². The van der Waals surface area contributed by atoms with E-state index in [0.717, 1.165) is 48.1 Å². The van der Waals surface area contributed by atoms with E-state index in [-0.39, 0.29) is 17.9 Å². The van der Waals surface area contributed by atoms with Gasteiger partial charge in [0.1, 0.15) is 12.4 Å². The Kier molecular flexibility index (Phi) is 7.75. The summed E-state index contributed by atoms with van der Waals surface area (Å²) in [5.74, 6) is -1.86. The highest BCUT2D eigenvalue weighted by atomic mass is 19.1. The van der Waals surface area contributed by atoms with Gasteiger partial charge in [-0.25, -0.2) is 14.7 Å². The Hall–Kier alpha value is -3.49. The molecule has 0 bridgehead atoms. The number of ether oxygens (including phenoxy) is 1. The SMILES string of the molecule is CCN(CC)Cc1ccc2cc(COC(=O)Nc3ccc(C(=O)NO)c(F)c3)ccc2c1. The zero-order valence-electron chi connectivity index (χ0n) is 18.0. The Bertz CT molecular complexity index is 1120. The van der Waals surface area contributed by atoms with Gasteiger partial charge in [0.05, 0.1) is 5.56 Å². The van der Waals surface area contributed by atoms with E-state index < -0.39 is 17.8 Å². The number of nitrogens with one attached hydrogen (secondary N) is 2. The number of hydroxylamine groups is 1. The molecule has 3 N–H and O–H groups in total. The van der Waals surface area contributed by atoms with Gasteiger partial charge in [-0.1, -0.05) is 38.1 Å². The quantitative estimate of drug-likeness (QED) is 0.350. The highest BCUT2D eigenvalue weighted by Crippen LogP contribution is 2.20. The smallest absolute Gasteiger partial charge is 0.411 e. The fourth-order valence-electron chi connectivity index (χ4n) is 3.38. The molecule has 3 aromatic rings. The molecule has 0 heterocycles. The van der Waals surface area contributed by atoms with Gasteiger partial charge in [-0.2, -0.15) is 0 Å². The van der Waals surface area contributed by atoms with Crippen LogP contribution in [-0.4, -0.2) is 35.2 Å². The normalized spacial score (nSPS) is 10.9. The number of carbonyl (C=O) groups excluding carboxylic acids is 2. The number of anilines is 1. The summed E-state index contributed by atoms with van der Waals surface area (Å²) in [5, 5.41) is 13.2. The van der Waals surface area contributed by atoms with Gasteiger partial charge in [0.2, 0.25) is 0 Å². The lowest BCUT2D eigenvalue weighted by Crippen LogP contribution is -2.21. The van der Waals surface area contributed by atoms with Crippen molar-refractivity contribution in [3.8, 4) is 0 Å². The monoisotopic (exact) mass is 439 g/mol. The molecule has 0 saturated heterocycles. The van der Waals surface area contributed by atoms with Crippen LogP contribution in [-0.2, 0) is 17.9 Å². The number of halogens is 1. The summed E-state index contributed by atoms with van der Waals surface area (Å²) in [6.07, 6.45) is -0.751. The molecule has 3 aromatic carbocycles. The number of hydrogen-bond donors (Lipinski definition) is 3. The van der Waals surface area contributed by atoms with Crippen LogP contribution in [0.3, 0.4) is 0 Å². The highest BCUT2D eigenvalue weighted by Gasteiger charge is 2.13. The molecule has 7 nitrogen and oxygen atoms in total. The Morgan fingerprint density at radius 3 is 2.25 bits per heavy atom. The maximum absolute atomic E-state index is 13.9. The number of fused-ring (bicyclic) bond motifs is 1. The maximum atomic E-state index is 13.9. The van der Waals surface area contributed by atoms with E-state index >= 15 is 0 Å². The molecule has 32 heavy (non-hydrogen) atoms. The van der Waals surface area contributed by atoms with Crippen molar-refractivity contribution >= 4 is 28.5 Å². The van der Waals surface area contributed by atoms with E-state index in [1.807, 2.05) is 18.2 Å². The molecule has 2 amide bonds. The first kappa shape index (κ1) is 23.2. The van der Waals surface area contributed by atoms with Gasteiger partial charge in [0.15, 0.2) is 0 Å². The first-order valence-electron chi connectivity index (χ1n) is 10.3. The van der Waals surface area contributed by atoms with Gasteiger partial charge >= 0.3 is 6.09 Å². The zero-order chi connectivity index (χ0) is 23.1. The average molecular weight is 439 g/mol. The second kappa shape index (κ2) is 10.7. The van der Waals surface area contributed by atoms with Crippen molar-refractivity contribution < 1.29 is 23.9 Å². The van der Waals surface area contributed by atoms with Gasteiger partial charge in [0.25, 0.3) is 5.91 Å². The summed E-state index contributed by atoms with van der Waals surface area (Å²) in [4.78, 5) is 25.7. The van der Waals surface area contributed by atoms with Crippen LogP contribution in [0.5, 0.6) is 0 Å². The molecule has 3 rings (SSSR count). The standard InChI is InChI=1S/C24H26FN3O4/c1-3-28(4-2)14-16-5-7-19-12-17(6-8-18(19)11-16)15-32-24(30)26-20-9-10-21(22(25)13-20)23(29)27-31/h5-13,31H,3-4,14-15H2,1-2H3,(H,26,30)(H,27,29). The van der Waals surface area contributed by atoms with Crippen molar-refractivity contribution in [2.45, 2.75) is 27.0 Å². The van der Waals surface area contributed by atoms with Crippen LogP contribution in [0, 0.1) is 5.82 Å². The molecular formula is C24H26FN3O4. The molecule has 168 valence electrons. The predicted molar refractivity (Wildman–Crippen MR) is 120 cm³/mol. The minimum absolute atomic E-state index is 0.0520. The Labute approximate surface area is 185 Å². The van der Waals surface area contributed by atoms with Crippen molar-refractivity contribution in [2.75, 3.05) is 18.4 Å². The minimum atomic E-state index is -0.979. The fraction of sp³-hybridized carbons (Fsp3) is 0.250. The summed E-state index contributed by atoms with van der Waals surface area (Å²) in [6, 6.07) is 15.6. The maximum Gasteiger partial charge on any atom is 0.411 e. The number of carbonyl (C=O) groups is 2. The number of amides is 2. The molecule has 0 aromatic heterocycles. The van der Waals surface area contributed by atoms with E-state index in [4.69, 9.17) is 9.94 Å². The van der Waals surface area contributed by atoms with Gasteiger partial charge in [-0.05, 0) is 65.3 Å². The molecule has 0 radical (unpaired) electrons. The molecular weight excluding hydrogens is 413 g/mol. The molecule has 0 unspecified atom stereocenters. The average Bonchev–Trinajstić information content (AvgIpc) is 2.80. The van der Waals surface area contributed by atoms with Crippen LogP contribution in [0.15, 0.2) is 54.6 Å². The molecule has 0 spiro atoms. The Morgan fingerprint density at radius 2 is 1.62 bits per heavy atom. The van der Waals surface area contributed by atoms with Gasteiger partial charge < -0.3 is 4.74 Å². The van der Waals surface area contributed by atoms with Crippen LogP contribution in [0.25, 0.3) is 10.8 Å². The van der Waals surface area contributed by atoms with E-state index in [0.29, 0.717) is 0 Å². The second-order valence-corrected chi connectivity index (χ2v) is 7.31. The topological polar surface area (TPSA) is 90.9 Å². The molecule has 0 atom stereocenters. The van der Waals surface area contributed by atoms with E-state index in [9.17, 15) is 14.0 Å². The molecule has 0 aliphatic carbocycles. The predicted octanol–water partition coefficient (Wildman–Crippen LogP) is 4.69. The first-order chi connectivity index (χ1) is 15.4. The molecule has 0 saturated carbocycles. The van der Waals surface area contributed by atoms with Gasteiger partial charge in [-0.15, -0.1) is 0 Å². The summed E-state index contributed by atoms with van der Waals surface area (Å²) in [7, 11) is 0. The third-order valence-corrected chi connectivity index (χ3v) is 5.20. The van der Waals surface area contributed by atoms with Crippen LogP contribution in [0.1, 0.15) is 35.3 Å². The van der Waals surface area contributed by atoms with Crippen molar-refractivity contribution in [3.05, 3.63) is 77.1 Å². The highest BCUT2D eigenvalue weighted by molar-refractivity contribution is 5.94. The molecule has 0 fully saturated rings. The van der Waals surface area contributed by atoms with Crippen molar-refractivity contribution in [2.24, 2.45) is 0 Å². The second-order valence-electron chi connectivity index (χ2n) is 7.31. The van der Waals surface area contributed by atoms with Crippen LogP contribution < -0.4 is 10.8 Å². The molecule has 0 aliphatic rings. The van der Waals surface area contributed by atoms with E-state index in [1.54, 1.807) is 0 Å². The number of hydrogen-bond acceptors (Lipinski definition) is 5. The lowest BCUT2D eigenvalue weighted by molar-refractivity contribution is 0.0702. The largest absolute Gasteiger partial charge is 0.444 e. The first-order valence-corrected chi connectivity index (χ1v) is 10.3. The Balaban J connectivity index is 1.60. The molecule has 0 aliphatic heterocycles. The van der Waals surface area contributed by atoms with Crippen molar-refractivity contribution in [1.29, 1.82) is 0 Å². The lowest BCUT2D eigenvalue weighted by Gasteiger charge is -2.18. The number of nitrogens with zero attached hydrogens (tertiary/aromatic N) is 1. The number of rotatable bonds is 8.